The van der Waals surface area contributed by atoms with E-state index in [1.807, 2.05) is 19.1 Å². The first-order valence-electron chi connectivity index (χ1n) is 10.5. The van der Waals surface area contributed by atoms with Crippen molar-refractivity contribution >= 4 is 5.97 Å². The van der Waals surface area contributed by atoms with Crippen LogP contribution in [0.4, 0.5) is 0 Å². The van der Waals surface area contributed by atoms with Gasteiger partial charge in [-0.25, -0.2) is 4.79 Å². The fraction of sp³-hybridized carbons (Fsp3) is 0.480. The van der Waals surface area contributed by atoms with Crippen LogP contribution in [0.3, 0.4) is 0 Å². The van der Waals surface area contributed by atoms with Crippen LogP contribution in [0.5, 0.6) is 5.75 Å². The van der Waals surface area contributed by atoms with Crippen molar-refractivity contribution in [3.8, 4) is 5.75 Å². The zero-order chi connectivity index (χ0) is 21.4. The number of rotatable bonds is 10. The lowest BCUT2D eigenvalue weighted by Gasteiger charge is -2.34. The maximum absolute atomic E-state index is 12.1. The van der Waals surface area contributed by atoms with Crippen molar-refractivity contribution in [3.63, 3.8) is 0 Å². The molecule has 0 saturated heterocycles. The van der Waals surface area contributed by atoms with Gasteiger partial charge in [0.1, 0.15) is 5.75 Å². The molecule has 0 heterocycles. The average Bonchev–Trinajstić information content (AvgIpc) is 2.71. The van der Waals surface area contributed by atoms with Crippen molar-refractivity contribution in [2.45, 2.75) is 65.7 Å². The van der Waals surface area contributed by atoms with Crippen molar-refractivity contribution in [1.82, 2.24) is 0 Å². The molecule has 0 aliphatic rings. The molecule has 0 bridgehead atoms. The van der Waals surface area contributed by atoms with E-state index in [-0.39, 0.29) is 5.41 Å². The smallest absolute Gasteiger partial charge is 0.373 e. The van der Waals surface area contributed by atoms with E-state index in [0.29, 0.717) is 5.56 Å². The van der Waals surface area contributed by atoms with Gasteiger partial charge in [0.15, 0.2) is 0 Å². The van der Waals surface area contributed by atoms with Gasteiger partial charge < -0.3 is 4.74 Å². The molecule has 29 heavy (non-hydrogen) atoms. The molecule has 0 aliphatic carbocycles. The van der Waals surface area contributed by atoms with Crippen LogP contribution in [0.15, 0.2) is 36.4 Å². The van der Waals surface area contributed by atoms with Crippen molar-refractivity contribution < 1.29 is 19.3 Å². The highest BCUT2D eigenvalue weighted by molar-refractivity contribution is 5.90. The first-order valence-corrected chi connectivity index (χ1v) is 10.5. The summed E-state index contributed by atoms with van der Waals surface area (Å²) in [6.07, 6.45) is 4.10. The van der Waals surface area contributed by atoms with Gasteiger partial charge in [-0.15, -0.1) is 0 Å². The molecular weight excluding hydrogens is 364 g/mol. The van der Waals surface area contributed by atoms with Crippen LogP contribution in [0, 0.1) is 13.8 Å². The fourth-order valence-electron chi connectivity index (χ4n) is 3.98. The van der Waals surface area contributed by atoms with Gasteiger partial charge in [-0.3, -0.25) is 4.89 Å². The molecule has 2 rings (SSSR count). The van der Waals surface area contributed by atoms with Gasteiger partial charge in [0.25, 0.3) is 0 Å². The molecule has 0 N–H and O–H groups in total. The van der Waals surface area contributed by atoms with Crippen LogP contribution in [0.2, 0.25) is 0 Å². The highest BCUT2D eigenvalue weighted by Crippen LogP contribution is 2.41. The molecular formula is C25H34O4. The predicted molar refractivity (Wildman–Crippen MR) is 117 cm³/mol. The van der Waals surface area contributed by atoms with E-state index in [9.17, 15) is 4.79 Å². The molecule has 2 aromatic rings. The summed E-state index contributed by atoms with van der Waals surface area (Å²) in [7, 11) is 1.33. The molecule has 4 nitrogen and oxygen atoms in total. The normalized spacial score (nSPS) is 11.4. The number of aryl methyl sites for hydroxylation is 2. The summed E-state index contributed by atoms with van der Waals surface area (Å²) in [6, 6.07) is 12.5. The molecule has 158 valence electrons. The quantitative estimate of drug-likeness (QED) is 0.267. The Morgan fingerprint density at radius 2 is 1.55 bits per heavy atom. The van der Waals surface area contributed by atoms with Crippen LogP contribution < -0.4 is 4.74 Å². The van der Waals surface area contributed by atoms with Crippen molar-refractivity contribution in [2.24, 2.45) is 0 Å². The summed E-state index contributed by atoms with van der Waals surface area (Å²) >= 11 is 0. The summed E-state index contributed by atoms with van der Waals surface area (Å²) in [4.78, 5) is 21.3. The summed E-state index contributed by atoms with van der Waals surface area (Å²) in [5.74, 6) is 0.483. The van der Waals surface area contributed by atoms with Crippen molar-refractivity contribution in [2.75, 3.05) is 13.7 Å². The molecule has 0 unspecified atom stereocenters. The number of unbranched alkanes of at least 4 members (excludes halogenated alkanes) is 1. The van der Waals surface area contributed by atoms with E-state index in [4.69, 9.17) is 4.74 Å². The second-order valence-electron chi connectivity index (χ2n) is 7.54. The highest BCUT2D eigenvalue weighted by Gasteiger charge is 2.32. The summed E-state index contributed by atoms with van der Waals surface area (Å²) in [5.41, 5.74) is 4.91. The third-order valence-electron chi connectivity index (χ3n) is 5.85. The lowest BCUT2D eigenvalue weighted by atomic mass is 9.70. The highest BCUT2D eigenvalue weighted by atomic mass is 17.2. The average molecular weight is 399 g/mol. The first kappa shape index (κ1) is 23.0. The molecule has 0 aromatic heterocycles. The maximum atomic E-state index is 12.1. The van der Waals surface area contributed by atoms with Gasteiger partial charge in [-0.2, -0.15) is 4.89 Å². The zero-order valence-electron chi connectivity index (χ0n) is 18.6. The Kier molecular flexibility index (Phi) is 8.27. The lowest BCUT2D eigenvalue weighted by Crippen LogP contribution is -2.26. The van der Waals surface area contributed by atoms with E-state index < -0.39 is 5.97 Å². The van der Waals surface area contributed by atoms with Crippen LogP contribution in [-0.2, 0) is 15.2 Å². The number of benzene rings is 2. The third-order valence-corrected chi connectivity index (χ3v) is 5.85. The Morgan fingerprint density at radius 1 is 0.931 bits per heavy atom. The van der Waals surface area contributed by atoms with Gasteiger partial charge in [-0.1, -0.05) is 51.5 Å². The molecule has 0 spiro atoms. The topological polar surface area (TPSA) is 44.8 Å². The van der Waals surface area contributed by atoms with Crippen LogP contribution in [0.25, 0.3) is 0 Å². The number of carbonyl (C=O) groups excluding carboxylic acids is 1. The van der Waals surface area contributed by atoms with Crippen molar-refractivity contribution in [1.29, 1.82) is 0 Å². The maximum Gasteiger partial charge on any atom is 0.373 e. The molecule has 0 amide bonds. The fourth-order valence-corrected chi connectivity index (χ4v) is 3.98. The Labute approximate surface area is 175 Å². The van der Waals surface area contributed by atoms with Gasteiger partial charge in [0.2, 0.25) is 0 Å². The molecule has 2 aromatic carbocycles. The van der Waals surface area contributed by atoms with E-state index in [1.54, 1.807) is 0 Å². The number of carbonyl (C=O) groups is 1. The predicted octanol–water partition coefficient (Wildman–Crippen LogP) is 6.31. The zero-order valence-corrected chi connectivity index (χ0v) is 18.6. The number of hydrogen-bond donors (Lipinski definition) is 0. The summed E-state index contributed by atoms with van der Waals surface area (Å²) < 4.78 is 5.94. The minimum atomic E-state index is -0.473. The molecule has 0 radical (unpaired) electrons. The standard InChI is InChI=1S/C25H34O4/c1-7-10-15-28-23-14-12-21(17-19(23)5)25(8-2,9-3)20-11-13-22(18(4)16-20)24(26)29-27-6/h11-14,16-17H,7-10,15H2,1-6H3. The van der Waals surface area contributed by atoms with E-state index in [2.05, 4.69) is 61.7 Å². The van der Waals surface area contributed by atoms with Crippen LogP contribution in [-0.4, -0.2) is 19.7 Å². The van der Waals surface area contributed by atoms with Gasteiger partial charge in [0.05, 0.1) is 19.3 Å². The molecule has 0 atom stereocenters. The van der Waals surface area contributed by atoms with E-state index in [0.717, 1.165) is 49.2 Å². The second kappa shape index (κ2) is 10.4. The van der Waals surface area contributed by atoms with Gasteiger partial charge >= 0.3 is 5.97 Å². The SMILES string of the molecule is CCCCOc1ccc(C(CC)(CC)c2ccc(C(=O)OOC)c(C)c2)cc1C. The Balaban J connectivity index is 2.42. The van der Waals surface area contributed by atoms with Crippen LogP contribution >= 0.6 is 0 Å². The summed E-state index contributed by atoms with van der Waals surface area (Å²) in [5, 5.41) is 0. The largest absolute Gasteiger partial charge is 0.493 e. The second-order valence-corrected chi connectivity index (χ2v) is 7.54. The Bertz CT molecular complexity index is 822. The minimum absolute atomic E-state index is 0.124. The monoisotopic (exact) mass is 398 g/mol. The van der Waals surface area contributed by atoms with E-state index in [1.165, 1.54) is 18.2 Å². The number of hydrogen-bond acceptors (Lipinski definition) is 4. The van der Waals surface area contributed by atoms with Gasteiger partial charge in [0, 0.05) is 5.41 Å². The third kappa shape index (κ3) is 4.99. The molecule has 0 aliphatic heterocycles. The van der Waals surface area contributed by atoms with Crippen molar-refractivity contribution in [3.05, 3.63) is 64.2 Å². The van der Waals surface area contributed by atoms with Crippen LogP contribution in [0.1, 0.15) is 79.1 Å². The molecule has 4 heteroatoms. The molecule has 0 fully saturated rings. The van der Waals surface area contributed by atoms with Gasteiger partial charge in [-0.05, 0) is 67.5 Å². The Hall–Kier alpha value is -2.33. The Morgan fingerprint density at radius 3 is 2.07 bits per heavy atom. The van der Waals surface area contributed by atoms with E-state index >= 15 is 0 Å². The molecule has 0 saturated carbocycles. The summed E-state index contributed by atoms with van der Waals surface area (Å²) in [6.45, 7) is 11.4. The number of ether oxygens (including phenoxy) is 1. The minimum Gasteiger partial charge on any atom is -0.493 e. The lowest BCUT2D eigenvalue weighted by molar-refractivity contribution is -0.216. The first-order chi connectivity index (χ1) is 13.9.